The Bertz CT molecular complexity index is 927. The van der Waals surface area contributed by atoms with Gasteiger partial charge in [-0.3, -0.25) is 4.57 Å². The van der Waals surface area contributed by atoms with Crippen LogP contribution >= 0.6 is 23.4 Å². The summed E-state index contributed by atoms with van der Waals surface area (Å²) < 4.78 is 26.4. The van der Waals surface area contributed by atoms with E-state index in [-0.39, 0.29) is 5.75 Å². The van der Waals surface area contributed by atoms with Gasteiger partial charge in [-0.2, -0.15) is 0 Å². The normalized spacial score (nSPS) is 11.5. The molecule has 0 unspecified atom stereocenters. The highest BCUT2D eigenvalue weighted by atomic mass is 35.5. The third-order valence-corrected chi connectivity index (χ3v) is 6.46. The Morgan fingerprint density at radius 2 is 1.88 bits per heavy atom. The van der Waals surface area contributed by atoms with Crippen molar-refractivity contribution >= 4 is 33.2 Å². The topological polar surface area (TPSA) is 64.8 Å². The Kier molecular flexibility index (Phi) is 5.23. The van der Waals surface area contributed by atoms with Gasteiger partial charge in [0.15, 0.2) is 15.0 Å². The van der Waals surface area contributed by atoms with Gasteiger partial charge in [0.05, 0.1) is 16.3 Å². The summed E-state index contributed by atoms with van der Waals surface area (Å²) in [5, 5.41) is 9.19. The Balaban J connectivity index is 1.70. The molecule has 1 aromatic heterocycles. The standard InChI is InChI=1S/C16H14ClN3O2S2/c17-13-5-4-6-14(11-13)20-12-18-19-16(20)23-9-10-24(21,22)15-7-2-1-3-8-15/h1-8,11-12H,9-10H2. The molecule has 5 nitrogen and oxygen atoms in total. The molecule has 8 heteroatoms. The maximum Gasteiger partial charge on any atom is 0.195 e. The maximum atomic E-state index is 12.3. The molecule has 0 N–H and O–H groups in total. The number of benzene rings is 2. The van der Waals surface area contributed by atoms with E-state index in [1.807, 2.05) is 12.1 Å². The van der Waals surface area contributed by atoms with E-state index in [2.05, 4.69) is 10.2 Å². The second-order valence-corrected chi connectivity index (χ2v) is 8.55. The highest BCUT2D eigenvalue weighted by molar-refractivity contribution is 8.00. The number of nitrogens with zero attached hydrogens (tertiary/aromatic N) is 3. The second kappa shape index (κ2) is 7.38. The Hall–Kier alpha value is -1.83. The van der Waals surface area contributed by atoms with Crippen molar-refractivity contribution in [3.63, 3.8) is 0 Å². The van der Waals surface area contributed by atoms with E-state index < -0.39 is 9.84 Å². The van der Waals surface area contributed by atoms with E-state index in [4.69, 9.17) is 11.6 Å². The third kappa shape index (κ3) is 3.98. The smallest absolute Gasteiger partial charge is 0.195 e. The predicted octanol–water partition coefficient (Wildman–Crippen LogP) is 3.49. The lowest BCUT2D eigenvalue weighted by atomic mass is 10.3. The predicted molar refractivity (Wildman–Crippen MR) is 95.6 cm³/mol. The van der Waals surface area contributed by atoms with Crippen molar-refractivity contribution in [3.8, 4) is 5.69 Å². The van der Waals surface area contributed by atoms with Crippen LogP contribution in [-0.4, -0.2) is 34.7 Å². The quantitative estimate of drug-likeness (QED) is 0.613. The van der Waals surface area contributed by atoms with E-state index in [1.54, 1.807) is 53.4 Å². The number of hydrogen-bond acceptors (Lipinski definition) is 5. The number of thioether (sulfide) groups is 1. The second-order valence-electron chi connectivity index (χ2n) is 4.94. The maximum absolute atomic E-state index is 12.3. The first kappa shape index (κ1) is 17.0. The number of hydrogen-bond donors (Lipinski definition) is 0. The van der Waals surface area contributed by atoms with Crippen LogP contribution in [0, 0.1) is 0 Å². The molecular weight excluding hydrogens is 366 g/mol. The fraction of sp³-hybridized carbons (Fsp3) is 0.125. The van der Waals surface area contributed by atoms with E-state index in [0.29, 0.717) is 20.8 Å². The molecule has 0 spiro atoms. The lowest BCUT2D eigenvalue weighted by Crippen LogP contribution is -2.09. The van der Waals surface area contributed by atoms with Crippen LogP contribution in [0.1, 0.15) is 0 Å². The largest absolute Gasteiger partial charge is 0.277 e. The van der Waals surface area contributed by atoms with Crippen LogP contribution in [0.25, 0.3) is 5.69 Å². The van der Waals surface area contributed by atoms with Crippen molar-refractivity contribution in [1.29, 1.82) is 0 Å². The molecule has 0 aliphatic heterocycles. The first-order valence-corrected chi connectivity index (χ1v) is 10.1. The number of rotatable bonds is 6. The lowest BCUT2D eigenvalue weighted by molar-refractivity contribution is 0.597. The minimum absolute atomic E-state index is 0.0318. The van der Waals surface area contributed by atoms with Gasteiger partial charge in [-0.25, -0.2) is 8.42 Å². The van der Waals surface area contributed by atoms with Gasteiger partial charge >= 0.3 is 0 Å². The van der Waals surface area contributed by atoms with Gasteiger partial charge in [-0.05, 0) is 30.3 Å². The summed E-state index contributed by atoms with van der Waals surface area (Å²) in [7, 11) is -3.30. The summed E-state index contributed by atoms with van der Waals surface area (Å²) >= 11 is 7.35. The van der Waals surface area contributed by atoms with E-state index in [1.165, 1.54) is 11.8 Å². The molecule has 24 heavy (non-hydrogen) atoms. The van der Waals surface area contributed by atoms with Crippen molar-refractivity contribution in [1.82, 2.24) is 14.8 Å². The van der Waals surface area contributed by atoms with Crippen molar-refractivity contribution in [2.75, 3.05) is 11.5 Å². The minimum atomic E-state index is -3.30. The highest BCUT2D eigenvalue weighted by Gasteiger charge is 2.15. The number of halogens is 1. The van der Waals surface area contributed by atoms with Crippen LogP contribution in [0.2, 0.25) is 5.02 Å². The van der Waals surface area contributed by atoms with E-state index >= 15 is 0 Å². The zero-order valence-corrected chi connectivity index (χ0v) is 14.9. The van der Waals surface area contributed by atoms with Gasteiger partial charge in [-0.1, -0.05) is 47.6 Å². The molecule has 2 aromatic carbocycles. The first-order valence-electron chi connectivity index (χ1n) is 7.13. The van der Waals surface area contributed by atoms with Gasteiger partial charge in [0, 0.05) is 10.8 Å². The number of aromatic nitrogens is 3. The van der Waals surface area contributed by atoms with E-state index in [0.717, 1.165) is 5.69 Å². The molecule has 1 heterocycles. The molecule has 0 radical (unpaired) electrons. The molecule has 0 fully saturated rings. The third-order valence-electron chi connectivity index (χ3n) is 3.29. The summed E-state index contributed by atoms with van der Waals surface area (Å²) in [4.78, 5) is 0.335. The van der Waals surface area contributed by atoms with Crippen molar-refractivity contribution in [3.05, 3.63) is 65.9 Å². The zero-order valence-electron chi connectivity index (χ0n) is 12.5. The Labute approximate surface area is 149 Å². The van der Waals surface area contributed by atoms with Gasteiger partial charge in [0.25, 0.3) is 0 Å². The highest BCUT2D eigenvalue weighted by Crippen LogP contribution is 2.22. The minimum Gasteiger partial charge on any atom is -0.277 e. The fourth-order valence-corrected chi connectivity index (χ4v) is 4.90. The van der Waals surface area contributed by atoms with Crippen LogP contribution < -0.4 is 0 Å². The van der Waals surface area contributed by atoms with Crippen molar-refractivity contribution in [2.45, 2.75) is 10.1 Å². The van der Waals surface area contributed by atoms with Crippen LogP contribution in [0.3, 0.4) is 0 Å². The molecule has 124 valence electrons. The first-order chi connectivity index (χ1) is 11.6. The summed E-state index contributed by atoms with van der Waals surface area (Å²) in [5.74, 6) is 0.417. The molecule has 3 aromatic rings. The fourth-order valence-electron chi connectivity index (χ4n) is 2.11. The molecule has 0 atom stereocenters. The monoisotopic (exact) mass is 379 g/mol. The Morgan fingerprint density at radius 3 is 2.62 bits per heavy atom. The van der Waals surface area contributed by atoms with Crippen LogP contribution in [0.15, 0.2) is 71.0 Å². The average Bonchev–Trinajstić information content (AvgIpc) is 3.04. The van der Waals surface area contributed by atoms with Gasteiger partial charge in [0.2, 0.25) is 0 Å². The zero-order chi connectivity index (χ0) is 17.0. The van der Waals surface area contributed by atoms with E-state index in [9.17, 15) is 8.42 Å². The lowest BCUT2D eigenvalue weighted by Gasteiger charge is -2.07. The van der Waals surface area contributed by atoms with Gasteiger partial charge in [0.1, 0.15) is 6.33 Å². The molecule has 3 rings (SSSR count). The average molecular weight is 380 g/mol. The summed E-state index contributed by atoms with van der Waals surface area (Å²) in [5.41, 5.74) is 0.834. The molecule has 0 saturated carbocycles. The molecule has 0 amide bonds. The summed E-state index contributed by atoms with van der Waals surface area (Å²) in [6.07, 6.45) is 1.58. The summed E-state index contributed by atoms with van der Waals surface area (Å²) in [6, 6.07) is 15.8. The molecular formula is C16H14ClN3O2S2. The number of sulfone groups is 1. The van der Waals surface area contributed by atoms with Crippen molar-refractivity contribution in [2.24, 2.45) is 0 Å². The SMILES string of the molecule is O=S(=O)(CCSc1nncn1-c1cccc(Cl)c1)c1ccccc1. The molecule has 0 bridgehead atoms. The Morgan fingerprint density at radius 1 is 1.08 bits per heavy atom. The molecule has 0 aliphatic carbocycles. The molecule has 0 saturated heterocycles. The van der Waals surface area contributed by atoms with Crippen molar-refractivity contribution < 1.29 is 8.42 Å². The van der Waals surface area contributed by atoms with Gasteiger partial charge < -0.3 is 0 Å². The molecule has 0 aliphatic rings. The van der Waals surface area contributed by atoms with Crippen LogP contribution in [0.5, 0.6) is 0 Å². The summed E-state index contributed by atoms with van der Waals surface area (Å²) in [6.45, 7) is 0. The van der Waals surface area contributed by atoms with Crippen LogP contribution in [-0.2, 0) is 9.84 Å². The van der Waals surface area contributed by atoms with Crippen LogP contribution in [0.4, 0.5) is 0 Å². The van der Waals surface area contributed by atoms with Gasteiger partial charge in [-0.15, -0.1) is 10.2 Å².